The molecule has 4 rings (SSSR count). The van der Waals surface area contributed by atoms with Crippen LogP contribution in [-0.4, -0.2) is 44.0 Å². The van der Waals surface area contributed by atoms with E-state index in [1.54, 1.807) is 18.3 Å². The Kier molecular flexibility index (Phi) is 4.06. The van der Waals surface area contributed by atoms with Gasteiger partial charge in [-0.15, -0.1) is 0 Å². The van der Waals surface area contributed by atoms with Gasteiger partial charge in [0.25, 0.3) is 0 Å². The van der Waals surface area contributed by atoms with Crippen LogP contribution in [0, 0.1) is 12.8 Å². The largest absolute Gasteiger partial charge is 0.300 e. The van der Waals surface area contributed by atoms with E-state index in [0.29, 0.717) is 18.0 Å². The Balaban J connectivity index is 1.50. The number of sulfonamides is 1. The van der Waals surface area contributed by atoms with Crippen molar-refractivity contribution in [2.75, 3.05) is 19.6 Å². The molecular weight excluding hydrogens is 322 g/mol. The molecule has 1 N–H and O–H groups in total. The second-order valence-electron chi connectivity index (χ2n) is 7.07. The minimum atomic E-state index is -3.54. The monoisotopic (exact) mass is 345 g/mol. The Hall–Kier alpha value is -1.50. The fourth-order valence-corrected chi connectivity index (χ4v) is 4.86. The highest BCUT2D eigenvalue weighted by Crippen LogP contribution is 2.31. The lowest BCUT2D eigenvalue weighted by Gasteiger charge is -2.15. The van der Waals surface area contributed by atoms with Crippen molar-refractivity contribution in [3.63, 3.8) is 0 Å². The number of hydrogen-bond acceptors (Lipinski definition) is 4. The number of para-hydroxylation sites is 1. The normalized spacial score (nSPS) is 22.3. The second kappa shape index (κ2) is 6.10. The van der Waals surface area contributed by atoms with Gasteiger partial charge in [-0.05, 0) is 56.3 Å². The molecule has 0 amide bonds. The summed E-state index contributed by atoms with van der Waals surface area (Å²) in [4.78, 5) is 7.12. The average Bonchev–Trinajstić information content (AvgIpc) is 3.30. The summed E-state index contributed by atoms with van der Waals surface area (Å²) < 4.78 is 28.3. The molecule has 2 aliphatic rings. The summed E-state index contributed by atoms with van der Waals surface area (Å²) in [5.41, 5.74) is 1.57. The van der Waals surface area contributed by atoms with Crippen LogP contribution in [0.2, 0.25) is 0 Å². The summed E-state index contributed by atoms with van der Waals surface area (Å²) in [7, 11) is -3.54. The molecule has 2 aromatic rings. The van der Waals surface area contributed by atoms with E-state index in [9.17, 15) is 8.42 Å². The van der Waals surface area contributed by atoms with Crippen LogP contribution in [0.3, 0.4) is 0 Å². The van der Waals surface area contributed by atoms with E-state index in [0.717, 1.165) is 36.5 Å². The molecule has 128 valence electrons. The first-order valence-corrected chi connectivity index (χ1v) is 10.1. The van der Waals surface area contributed by atoms with Crippen molar-refractivity contribution in [1.29, 1.82) is 0 Å². The van der Waals surface area contributed by atoms with Crippen LogP contribution in [0.4, 0.5) is 0 Å². The van der Waals surface area contributed by atoms with Crippen molar-refractivity contribution in [2.24, 2.45) is 5.92 Å². The zero-order valence-corrected chi connectivity index (χ0v) is 14.7. The van der Waals surface area contributed by atoms with Crippen LogP contribution >= 0.6 is 0 Å². The number of rotatable bonds is 5. The molecule has 1 aliphatic carbocycles. The topological polar surface area (TPSA) is 62.3 Å². The summed E-state index contributed by atoms with van der Waals surface area (Å²) in [5, 5.41) is 0.860. The quantitative estimate of drug-likeness (QED) is 0.903. The molecule has 0 bridgehead atoms. The van der Waals surface area contributed by atoms with Crippen LogP contribution in [0.15, 0.2) is 35.4 Å². The van der Waals surface area contributed by atoms with Crippen molar-refractivity contribution in [1.82, 2.24) is 14.6 Å². The van der Waals surface area contributed by atoms with E-state index < -0.39 is 10.0 Å². The van der Waals surface area contributed by atoms with E-state index in [-0.39, 0.29) is 4.90 Å². The molecule has 1 saturated carbocycles. The van der Waals surface area contributed by atoms with Crippen molar-refractivity contribution in [3.05, 3.63) is 36.0 Å². The molecule has 1 saturated heterocycles. The van der Waals surface area contributed by atoms with Crippen molar-refractivity contribution < 1.29 is 8.42 Å². The summed E-state index contributed by atoms with van der Waals surface area (Å²) >= 11 is 0. The molecule has 1 aromatic heterocycles. The maximum absolute atomic E-state index is 12.8. The molecule has 5 nitrogen and oxygen atoms in total. The molecule has 0 spiro atoms. The maximum Gasteiger partial charge on any atom is 0.242 e. The first-order chi connectivity index (χ1) is 11.5. The highest BCUT2D eigenvalue weighted by atomic mass is 32.2. The number of nitrogens with one attached hydrogen (secondary N) is 1. The highest BCUT2D eigenvalue weighted by molar-refractivity contribution is 7.89. The number of nitrogens with zero attached hydrogens (tertiary/aromatic N) is 2. The van der Waals surface area contributed by atoms with Crippen LogP contribution in [0.25, 0.3) is 10.9 Å². The van der Waals surface area contributed by atoms with Crippen LogP contribution in [0.1, 0.15) is 24.8 Å². The molecule has 1 aliphatic heterocycles. The van der Waals surface area contributed by atoms with Crippen molar-refractivity contribution in [3.8, 4) is 0 Å². The van der Waals surface area contributed by atoms with Crippen molar-refractivity contribution in [2.45, 2.75) is 37.1 Å². The van der Waals surface area contributed by atoms with Gasteiger partial charge in [0.05, 0.1) is 5.52 Å². The number of aryl methyl sites for hydroxylation is 1. The van der Waals surface area contributed by atoms with Gasteiger partial charge >= 0.3 is 0 Å². The van der Waals surface area contributed by atoms with Crippen LogP contribution < -0.4 is 4.72 Å². The SMILES string of the molecule is Cc1cnc2c(S(=O)(=O)NC[C@H]3CCN(C4CC4)C3)cccc2c1. The van der Waals surface area contributed by atoms with E-state index in [2.05, 4.69) is 14.6 Å². The molecule has 0 radical (unpaired) electrons. The fourth-order valence-electron chi connectivity index (χ4n) is 3.57. The third-order valence-electron chi connectivity index (χ3n) is 5.04. The van der Waals surface area contributed by atoms with Gasteiger partial charge in [-0.1, -0.05) is 12.1 Å². The molecule has 1 atom stereocenters. The minimum Gasteiger partial charge on any atom is -0.300 e. The predicted molar refractivity (Wildman–Crippen MR) is 94.4 cm³/mol. The van der Waals surface area contributed by atoms with Gasteiger partial charge in [0.2, 0.25) is 10.0 Å². The molecule has 6 heteroatoms. The summed E-state index contributed by atoms with van der Waals surface area (Å²) in [5.74, 6) is 0.408. The molecule has 0 unspecified atom stereocenters. The van der Waals surface area contributed by atoms with E-state index in [1.165, 1.54) is 12.8 Å². The smallest absolute Gasteiger partial charge is 0.242 e. The summed E-state index contributed by atoms with van der Waals surface area (Å²) in [6.45, 7) is 4.58. The maximum atomic E-state index is 12.8. The molecular formula is C18H23N3O2S. The Labute approximate surface area is 143 Å². The van der Waals surface area contributed by atoms with Gasteiger partial charge in [0.15, 0.2) is 0 Å². The van der Waals surface area contributed by atoms with Gasteiger partial charge in [-0.3, -0.25) is 4.98 Å². The van der Waals surface area contributed by atoms with Crippen molar-refractivity contribution >= 4 is 20.9 Å². The lowest BCUT2D eigenvalue weighted by atomic mass is 10.1. The van der Waals surface area contributed by atoms with Gasteiger partial charge in [0.1, 0.15) is 4.90 Å². The third kappa shape index (κ3) is 3.18. The zero-order valence-electron chi connectivity index (χ0n) is 13.9. The van der Waals surface area contributed by atoms with E-state index in [4.69, 9.17) is 0 Å². The number of fused-ring (bicyclic) bond motifs is 1. The zero-order chi connectivity index (χ0) is 16.7. The number of pyridine rings is 1. The minimum absolute atomic E-state index is 0.275. The average molecular weight is 345 g/mol. The lowest BCUT2D eigenvalue weighted by Crippen LogP contribution is -2.31. The molecule has 1 aromatic carbocycles. The third-order valence-corrected chi connectivity index (χ3v) is 6.50. The number of aromatic nitrogens is 1. The predicted octanol–water partition coefficient (Wildman–Crippen LogP) is 2.31. The number of likely N-dealkylation sites (tertiary alicyclic amines) is 1. The summed E-state index contributed by atoms with van der Waals surface area (Å²) in [6.07, 6.45) is 5.40. The fraction of sp³-hybridized carbons (Fsp3) is 0.500. The highest BCUT2D eigenvalue weighted by Gasteiger charge is 2.34. The second-order valence-corrected chi connectivity index (χ2v) is 8.81. The molecule has 24 heavy (non-hydrogen) atoms. The standard InChI is InChI=1S/C18H23N3O2S/c1-13-9-15-3-2-4-17(18(15)19-10-13)24(22,23)20-11-14-7-8-21(12-14)16-5-6-16/h2-4,9-10,14,16,20H,5-8,11-12H2,1H3/t14-/m1/s1. The van der Waals surface area contributed by atoms with Gasteiger partial charge in [-0.25, -0.2) is 13.1 Å². The Morgan fingerprint density at radius 3 is 2.92 bits per heavy atom. The van der Waals surface area contributed by atoms with E-state index in [1.807, 2.05) is 19.1 Å². The molecule has 2 fully saturated rings. The van der Waals surface area contributed by atoms with Gasteiger partial charge < -0.3 is 4.90 Å². The van der Waals surface area contributed by atoms with Crippen LogP contribution in [-0.2, 0) is 10.0 Å². The first kappa shape index (κ1) is 16.0. The Morgan fingerprint density at radius 1 is 1.29 bits per heavy atom. The van der Waals surface area contributed by atoms with E-state index >= 15 is 0 Å². The summed E-state index contributed by atoms with van der Waals surface area (Å²) in [6, 6.07) is 8.04. The number of benzene rings is 1. The Bertz CT molecular complexity index is 862. The van der Waals surface area contributed by atoms with Gasteiger partial charge in [0, 0.05) is 30.7 Å². The molecule has 2 heterocycles. The van der Waals surface area contributed by atoms with Crippen LogP contribution in [0.5, 0.6) is 0 Å². The Morgan fingerprint density at radius 2 is 2.12 bits per heavy atom. The number of hydrogen-bond donors (Lipinski definition) is 1. The van der Waals surface area contributed by atoms with Gasteiger partial charge in [-0.2, -0.15) is 0 Å². The lowest BCUT2D eigenvalue weighted by molar-refractivity contribution is 0.314. The first-order valence-electron chi connectivity index (χ1n) is 8.62.